The highest BCUT2D eigenvalue weighted by Crippen LogP contribution is 2.29. The number of rotatable bonds is 10. The first kappa shape index (κ1) is 26.9. The molecule has 0 unspecified atom stereocenters. The molecule has 1 aromatic carbocycles. The average molecular weight is 510 g/mol. The first-order valence-electron chi connectivity index (χ1n) is 13.7. The van der Waals surface area contributed by atoms with E-state index in [1.807, 2.05) is 42.2 Å². The van der Waals surface area contributed by atoms with E-state index in [0.717, 1.165) is 56.3 Å². The van der Waals surface area contributed by atoms with Crippen LogP contribution in [0.4, 0.5) is 0 Å². The van der Waals surface area contributed by atoms with E-state index in [9.17, 15) is 14.4 Å². The predicted octanol–water partition coefficient (Wildman–Crippen LogP) is 4.12. The number of piperidine rings is 1. The van der Waals surface area contributed by atoms with Gasteiger partial charge in [-0.2, -0.15) is 0 Å². The van der Waals surface area contributed by atoms with Crippen LogP contribution in [0.15, 0.2) is 42.9 Å². The van der Waals surface area contributed by atoms with Gasteiger partial charge in [0.25, 0.3) is 5.91 Å². The first-order valence-corrected chi connectivity index (χ1v) is 13.7. The summed E-state index contributed by atoms with van der Waals surface area (Å²) in [4.78, 5) is 48.7. The van der Waals surface area contributed by atoms with Crippen LogP contribution in [0.1, 0.15) is 88.7 Å². The third kappa shape index (κ3) is 7.44. The van der Waals surface area contributed by atoms with Gasteiger partial charge in [0.15, 0.2) is 5.78 Å². The van der Waals surface area contributed by atoms with Crippen molar-refractivity contribution in [2.45, 2.75) is 76.8 Å². The summed E-state index contributed by atoms with van der Waals surface area (Å²) in [6.45, 7) is 4.02. The molecule has 202 valence electrons. The lowest BCUT2D eigenvalue weighted by Crippen LogP contribution is -2.46. The van der Waals surface area contributed by atoms with Gasteiger partial charge in [-0.15, -0.1) is 0 Å². The maximum absolute atomic E-state index is 13.2. The van der Waals surface area contributed by atoms with Crippen LogP contribution < -0.4 is 10.6 Å². The third-order valence-electron chi connectivity index (χ3n) is 7.72. The number of carbonyl (C=O) groups excluding carboxylic acids is 3. The fourth-order valence-electron chi connectivity index (χ4n) is 5.61. The Balaban J connectivity index is 0.00000267. The molecule has 2 amide bonds. The Morgan fingerprint density at radius 3 is 2.70 bits per heavy atom. The van der Waals surface area contributed by atoms with Crippen molar-refractivity contribution < 1.29 is 17.2 Å². The normalized spacial score (nSPS) is 19.3. The van der Waals surface area contributed by atoms with E-state index in [1.165, 1.54) is 12.7 Å². The SMILES string of the molecule is CCC(=O)[C@H](NC(=O)c1cccc([C@@H]2CCCN(C(=O)CNCc3ccncn3)C2)c1)C1CCCCC1.[HH].[HH]. The van der Waals surface area contributed by atoms with E-state index in [0.29, 0.717) is 25.1 Å². The van der Waals surface area contributed by atoms with Gasteiger partial charge in [-0.25, -0.2) is 9.97 Å². The molecular weight excluding hydrogens is 466 g/mol. The Morgan fingerprint density at radius 2 is 1.95 bits per heavy atom. The van der Waals surface area contributed by atoms with Gasteiger partial charge in [0.1, 0.15) is 6.33 Å². The zero-order valence-electron chi connectivity index (χ0n) is 21.8. The minimum Gasteiger partial charge on any atom is -0.342 e. The smallest absolute Gasteiger partial charge is 0.251 e. The van der Waals surface area contributed by atoms with Gasteiger partial charge in [-0.1, -0.05) is 38.3 Å². The van der Waals surface area contributed by atoms with E-state index >= 15 is 0 Å². The summed E-state index contributed by atoms with van der Waals surface area (Å²) in [5.41, 5.74) is 2.49. The Kier molecular flexibility index (Phi) is 9.77. The van der Waals surface area contributed by atoms with Crippen LogP contribution in [-0.2, 0) is 16.1 Å². The topological polar surface area (TPSA) is 104 Å². The minimum atomic E-state index is -0.404. The number of likely N-dealkylation sites (tertiary alicyclic amines) is 1. The van der Waals surface area contributed by atoms with Crippen molar-refractivity contribution in [2.24, 2.45) is 5.92 Å². The number of hydrogen-bond acceptors (Lipinski definition) is 6. The van der Waals surface area contributed by atoms with Gasteiger partial charge >= 0.3 is 0 Å². The Labute approximate surface area is 222 Å². The molecule has 0 bridgehead atoms. The van der Waals surface area contributed by atoms with E-state index in [-0.39, 0.29) is 38.8 Å². The minimum absolute atomic E-state index is 0. The molecule has 37 heavy (non-hydrogen) atoms. The first-order chi connectivity index (χ1) is 18.0. The Bertz CT molecular complexity index is 1070. The number of benzene rings is 1. The van der Waals surface area contributed by atoms with Gasteiger partial charge < -0.3 is 15.5 Å². The largest absolute Gasteiger partial charge is 0.342 e. The van der Waals surface area contributed by atoms with Crippen molar-refractivity contribution in [1.82, 2.24) is 25.5 Å². The third-order valence-corrected chi connectivity index (χ3v) is 7.72. The monoisotopic (exact) mass is 509 g/mol. The van der Waals surface area contributed by atoms with Crippen molar-refractivity contribution in [3.8, 4) is 0 Å². The zero-order valence-corrected chi connectivity index (χ0v) is 21.8. The second-order valence-corrected chi connectivity index (χ2v) is 10.3. The zero-order chi connectivity index (χ0) is 26.0. The molecule has 2 fully saturated rings. The van der Waals surface area contributed by atoms with E-state index in [2.05, 4.69) is 20.6 Å². The lowest BCUT2D eigenvalue weighted by atomic mass is 9.81. The second kappa shape index (κ2) is 13.4. The van der Waals surface area contributed by atoms with Crippen LogP contribution >= 0.6 is 0 Å². The van der Waals surface area contributed by atoms with Crippen molar-refractivity contribution in [1.29, 1.82) is 0 Å². The van der Waals surface area contributed by atoms with Crippen LogP contribution in [0.3, 0.4) is 0 Å². The molecule has 2 N–H and O–H groups in total. The van der Waals surface area contributed by atoms with Gasteiger partial charge in [-0.05, 0) is 55.4 Å². The van der Waals surface area contributed by atoms with Gasteiger partial charge in [0.2, 0.25) is 5.91 Å². The van der Waals surface area contributed by atoms with Crippen LogP contribution in [0.25, 0.3) is 0 Å². The molecule has 8 heteroatoms. The van der Waals surface area contributed by atoms with Crippen LogP contribution in [0.5, 0.6) is 0 Å². The second-order valence-electron chi connectivity index (χ2n) is 10.3. The molecule has 1 aliphatic carbocycles. The van der Waals surface area contributed by atoms with Gasteiger partial charge in [-0.3, -0.25) is 14.4 Å². The Hall–Kier alpha value is -3.13. The van der Waals surface area contributed by atoms with Crippen LogP contribution in [0.2, 0.25) is 0 Å². The maximum Gasteiger partial charge on any atom is 0.251 e. The van der Waals surface area contributed by atoms with E-state index < -0.39 is 6.04 Å². The van der Waals surface area contributed by atoms with E-state index in [4.69, 9.17) is 0 Å². The number of Topliss-reactive ketones (excluding diaryl/α,β-unsaturated/α-hetero) is 1. The average Bonchev–Trinajstić information content (AvgIpc) is 2.96. The molecule has 0 radical (unpaired) electrons. The number of carbonyl (C=O) groups is 3. The number of nitrogens with one attached hydrogen (secondary N) is 2. The highest BCUT2D eigenvalue weighted by Gasteiger charge is 2.30. The summed E-state index contributed by atoms with van der Waals surface area (Å²) in [6.07, 6.45) is 11.0. The summed E-state index contributed by atoms with van der Waals surface area (Å²) in [6, 6.07) is 9.13. The lowest BCUT2D eigenvalue weighted by molar-refractivity contribution is -0.131. The molecular formula is C29H43N5O3. The lowest BCUT2D eigenvalue weighted by Gasteiger charge is -2.33. The van der Waals surface area contributed by atoms with Crippen molar-refractivity contribution in [3.63, 3.8) is 0 Å². The van der Waals surface area contributed by atoms with Crippen molar-refractivity contribution >= 4 is 17.6 Å². The van der Waals surface area contributed by atoms with E-state index in [1.54, 1.807) is 6.20 Å². The molecule has 2 heterocycles. The van der Waals surface area contributed by atoms with Crippen molar-refractivity contribution in [2.75, 3.05) is 19.6 Å². The van der Waals surface area contributed by atoms with Gasteiger partial charge in [0.05, 0.1) is 18.3 Å². The fourth-order valence-corrected chi connectivity index (χ4v) is 5.61. The predicted molar refractivity (Wildman–Crippen MR) is 146 cm³/mol. The summed E-state index contributed by atoms with van der Waals surface area (Å²) < 4.78 is 0. The molecule has 1 aliphatic heterocycles. The standard InChI is InChI=1S/C29H39N5O3.2H2/c1-2-26(35)28(21-8-4-3-5-9-21)33-29(37)23-11-6-10-22(16-23)24-12-7-15-34(19-24)27(36)18-31-17-25-13-14-30-20-32-25;;/h6,10-11,13-14,16,20-21,24,28,31H,2-5,7-9,12,15,17-19H2,1H3,(H,33,37);2*1H/t24-,28-;;/m1../s1. The molecule has 2 atom stereocenters. The molecule has 1 aromatic heterocycles. The highest BCUT2D eigenvalue weighted by atomic mass is 16.2. The highest BCUT2D eigenvalue weighted by molar-refractivity contribution is 5.98. The summed E-state index contributed by atoms with van der Waals surface area (Å²) in [7, 11) is 0. The number of hydrogen-bond donors (Lipinski definition) is 2. The van der Waals surface area contributed by atoms with Crippen LogP contribution in [-0.4, -0.2) is 58.1 Å². The summed E-state index contributed by atoms with van der Waals surface area (Å²) >= 11 is 0. The molecule has 2 aromatic rings. The number of nitrogens with zero attached hydrogens (tertiary/aromatic N) is 3. The maximum atomic E-state index is 13.2. The van der Waals surface area contributed by atoms with Crippen molar-refractivity contribution in [3.05, 3.63) is 59.7 Å². The Morgan fingerprint density at radius 1 is 1.11 bits per heavy atom. The quantitative estimate of drug-likeness (QED) is 0.499. The molecule has 0 spiro atoms. The fraction of sp³-hybridized carbons (Fsp3) is 0.552. The molecule has 2 aliphatic rings. The van der Waals surface area contributed by atoms with Crippen LogP contribution in [0, 0.1) is 5.92 Å². The molecule has 4 rings (SSSR count). The molecule has 1 saturated carbocycles. The molecule has 1 saturated heterocycles. The summed E-state index contributed by atoms with van der Waals surface area (Å²) in [5.74, 6) is 0.414. The number of aromatic nitrogens is 2. The summed E-state index contributed by atoms with van der Waals surface area (Å²) in [5, 5.41) is 6.25. The number of ketones is 1. The number of amides is 2. The molecule has 8 nitrogen and oxygen atoms in total. The van der Waals surface area contributed by atoms with Gasteiger partial charge in [0, 0.05) is 46.6 Å².